The smallest absolute Gasteiger partial charge is 0.0537 e. The van der Waals surface area contributed by atoms with Crippen LogP contribution in [0.4, 0.5) is 0 Å². The number of nitrogens with zero attached hydrogens (tertiary/aromatic N) is 1. The molecule has 0 spiro atoms. The molecule has 19 heavy (non-hydrogen) atoms. The van der Waals surface area contributed by atoms with E-state index in [1.54, 1.807) is 0 Å². The third-order valence-corrected chi connectivity index (χ3v) is 3.50. The molecule has 0 N–H and O–H groups in total. The van der Waals surface area contributed by atoms with Crippen LogP contribution >= 0.6 is 0 Å². The molecule has 0 aliphatic heterocycles. The van der Waals surface area contributed by atoms with E-state index in [-0.39, 0.29) is 0 Å². The summed E-state index contributed by atoms with van der Waals surface area (Å²) in [7, 11) is 0. The predicted octanol–water partition coefficient (Wildman–Crippen LogP) is 5.01. The van der Waals surface area contributed by atoms with Crippen LogP contribution in [-0.2, 0) is 6.42 Å². The van der Waals surface area contributed by atoms with Gasteiger partial charge in [0.25, 0.3) is 0 Å². The molecule has 94 valence electrons. The number of benzene rings is 2. The van der Waals surface area contributed by atoms with Gasteiger partial charge in [-0.1, -0.05) is 36.9 Å². The molecule has 0 amide bonds. The fourth-order valence-electron chi connectivity index (χ4n) is 2.72. The van der Waals surface area contributed by atoms with Gasteiger partial charge >= 0.3 is 0 Å². The van der Waals surface area contributed by atoms with E-state index in [1.807, 2.05) is 13.0 Å². The van der Waals surface area contributed by atoms with Crippen molar-refractivity contribution in [1.82, 2.24) is 4.57 Å². The first-order valence-electron chi connectivity index (χ1n) is 6.51. The molecule has 0 aliphatic rings. The molecule has 1 nitrogen and oxygen atoms in total. The van der Waals surface area contributed by atoms with Crippen LogP contribution < -0.4 is 0 Å². The lowest BCUT2D eigenvalue weighted by molar-refractivity contribution is 1.20. The summed E-state index contributed by atoms with van der Waals surface area (Å²) in [6, 6.07) is 15.1. The van der Waals surface area contributed by atoms with Crippen molar-refractivity contribution in [2.45, 2.75) is 13.3 Å². The minimum absolute atomic E-state index is 0.905. The van der Waals surface area contributed by atoms with Crippen LogP contribution in [0.1, 0.15) is 12.5 Å². The Hall–Kier alpha value is -2.28. The average Bonchev–Trinajstić information content (AvgIpc) is 2.73. The largest absolute Gasteiger partial charge is 0.314 e. The van der Waals surface area contributed by atoms with Crippen LogP contribution in [0.2, 0.25) is 0 Å². The molecule has 0 fully saturated rings. The van der Waals surface area contributed by atoms with Gasteiger partial charge < -0.3 is 4.57 Å². The first-order valence-corrected chi connectivity index (χ1v) is 6.51. The monoisotopic (exact) mass is 247 g/mol. The normalized spacial score (nSPS) is 11.0. The minimum atomic E-state index is 0.905. The van der Waals surface area contributed by atoms with Crippen LogP contribution in [0.25, 0.3) is 27.5 Å². The van der Waals surface area contributed by atoms with E-state index in [2.05, 4.69) is 60.2 Å². The van der Waals surface area contributed by atoms with Crippen molar-refractivity contribution in [3.8, 4) is 0 Å². The molecule has 0 radical (unpaired) electrons. The summed E-state index contributed by atoms with van der Waals surface area (Å²) in [5, 5.41) is 2.57. The number of fused-ring (bicyclic) bond motifs is 3. The molecule has 0 unspecified atom stereocenters. The van der Waals surface area contributed by atoms with Gasteiger partial charge in [-0.3, -0.25) is 0 Å². The molecular weight excluding hydrogens is 230 g/mol. The van der Waals surface area contributed by atoms with Crippen molar-refractivity contribution in [1.29, 1.82) is 0 Å². The Balaban J connectivity index is 2.45. The van der Waals surface area contributed by atoms with E-state index in [9.17, 15) is 0 Å². The maximum atomic E-state index is 4.10. The first-order chi connectivity index (χ1) is 9.22. The van der Waals surface area contributed by atoms with Crippen molar-refractivity contribution < 1.29 is 0 Å². The molecular formula is C18H17N. The molecule has 1 heteroatoms. The van der Waals surface area contributed by atoms with Gasteiger partial charge in [0.15, 0.2) is 0 Å². The SMILES string of the molecule is C=CCc1ccc2c(c1)c1ccccc1n2C(=C)C. The summed E-state index contributed by atoms with van der Waals surface area (Å²) < 4.78 is 2.22. The highest BCUT2D eigenvalue weighted by atomic mass is 15.0. The third kappa shape index (κ3) is 1.78. The van der Waals surface area contributed by atoms with Gasteiger partial charge in [0, 0.05) is 16.5 Å². The van der Waals surface area contributed by atoms with Gasteiger partial charge in [-0.2, -0.15) is 0 Å². The second-order valence-corrected chi connectivity index (χ2v) is 4.93. The Morgan fingerprint density at radius 1 is 1.11 bits per heavy atom. The van der Waals surface area contributed by atoms with E-state index < -0.39 is 0 Å². The summed E-state index contributed by atoms with van der Waals surface area (Å²) in [5.74, 6) is 0. The summed E-state index contributed by atoms with van der Waals surface area (Å²) in [5.41, 5.74) is 4.79. The van der Waals surface area contributed by atoms with Gasteiger partial charge in [0.1, 0.15) is 0 Å². The van der Waals surface area contributed by atoms with Crippen molar-refractivity contribution in [3.63, 3.8) is 0 Å². The Morgan fingerprint density at radius 2 is 1.84 bits per heavy atom. The summed E-state index contributed by atoms with van der Waals surface area (Å²) in [4.78, 5) is 0. The maximum Gasteiger partial charge on any atom is 0.0537 e. The molecule has 0 saturated heterocycles. The van der Waals surface area contributed by atoms with Crippen LogP contribution in [0.3, 0.4) is 0 Å². The molecule has 0 aliphatic carbocycles. The lowest BCUT2D eigenvalue weighted by Gasteiger charge is -2.05. The zero-order chi connectivity index (χ0) is 13.4. The molecule has 0 bridgehead atoms. The second-order valence-electron chi connectivity index (χ2n) is 4.93. The number of allylic oxidation sites excluding steroid dienone is 2. The predicted molar refractivity (Wildman–Crippen MR) is 84.3 cm³/mol. The molecule has 0 saturated carbocycles. The van der Waals surface area contributed by atoms with Gasteiger partial charge in [0.05, 0.1) is 11.0 Å². The highest BCUT2D eigenvalue weighted by Crippen LogP contribution is 2.31. The summed E-state index contributed by atoms with van der Waals surface area (Å²) in [6.07, 6.45) is 2.85. The molecule has 1 heterocycles. The molecule has 3 aromatic rings. The second kappa shape index (κ2) is 4.43. The highest BCUT2D eigenvalue weighted by molar-refractivity contribution is 6.10. The Labute approximate surface area is 113 Å². The quantitative estimate of drug-likeness (QED) is 0.573. The molecule has 3 rings (SSSR count). The lowest BCUT2D eigenvalue weighted by atomic mass is 10.1. The maximum absolute atomic E-state index is 4.10. The zero-order valence-corrected chi connectivity index (χ0v) is 11.2. The Morgan fingerprint density at radius 3 is 2.58 bits per heavy atom. The van der Waals surface area contributed by atoms with Crippen molar-refractivity contribution in [2.75, 3.05) is 0 Å². The number of aromatic nitrogens is 1. The highest BCUT2D eigenvalue weighted by Gasteiger charge is 2.10. The van der Waals surface area contributed by atoms with Gasteiger partial charge in [0.2, 0.25) is 0 Å². The molecule has 2 aromatic carbocycles. The van der Waals surface area contributed by atoms with Gasteiger partial charge in [-0.05, 0) is 37.1 Å². The van der Waals surface area contributed by atoms with E-state index in [0.717, 1.165) is 12.1 Å². The Kier molecular flexibility index (Phi) is 2.75. The molecule has 0 atom stereocenters. The van der Waals surface area contributed by atoms with Crippen molar-refractivity contribution >= 4 is 27.5 Å². The topological polar surface area (TPSA) is 4.93 Å². The summed E-state index contributed by atoms with van der Waals surface area (Å²) in [6.45, 7) is 9.96. The van der Waals surface area contributed by atoms with Crippen molar-refractivity contribution in [3.05, 3.63) is 67.3 Å². The minimum Gasteiger partial charge on any atom is -0.314 e. The van der Waals surface area contributed by atoms with Crippen LogP contribution in [0, 0.1) is 0 Å². The fraction of sp³-hybridized carbons (Fsp3) is 0.111. The van der Waals surface area contributed by atoms with E-state index in [4.69, 9.17) is 0 Å². The Bertz CT molecular complexity index is 790. The number of hydrogen-bond acceptors (Lipinski definition) is 0. The van der Waals surface area contributed by atoms with Crippen molar-refractivity contribution in [2.24, 2.45) is 0 Å². The average molecular weight is 247 g/mol. The van der Waals surface area contributed by atoms with Crippen LogP contribution in [0.5, 0.6) is 0 Å². The van der Waals surface area contributed by atoms with Gasteiger partial charge in [-0.25, -0.2) is 0 Å². The van der Waals surface area contributed by atoms with E-state index in [1.165, 1.54) is 27.4 Å². The molecule has 1 aromatic heterocycles. The van der Waals surface area contributed by atoms with Gasteiger partial charge in [-0.15, -0.1) is 6.58 Å². The summed E-state index contributed by atoms with van der Waals surface area (Å²) >= 11 is 0. The standard InChI is InChI=1S/C18H17N/c1-4-7-14-10-11-18-16(12-14)15-8-5-6-9-17(15)19(18)13(2)3/h4-6,8-12H,1-2,7H2,3H3. The number of hydrogen-bond donors (Lipinski definition) is 0. The van der Waals surface area contributed by atoms with Crippen LogP contribution in [-0.4, -0.2) is 4.57 Å². The first kappa shape index (κ1) is 11.8. The zero-order valence-electron chi connectivity index (χ0n) is 11.2. The third-order valence-electron chi connectivity index (χ3n) is 3.50. The lowest BCUT2D eigenvalue weighted by Crippen LogP contribution is -1.91. The van der Waals surface area contributed by atoms with E-state index in [0.29, 0.717) is 0 Å². The van der Waals surface area contributed by atoms with Crippen LogP contribution in [0.15, 0.2) is 61.7 Å². The number of rotatable bonds is 3. The fourth-order valence-corrected chi connectivity index (χ4v) is 2.72. The number of para-hydroxylation sites is 1. The van der Waals surface area contributed by atoms with E-state index >= 15 is 0 Å².